The van der Waals surface area contributed by atoms with Crippen LogP contribution in [0.15, 0.2) is 18.2 Å². The van der Waals surface area contributed by atoms with Gasteiger partial charge in [0.2, 0.25) is 0 Å². The van der Waals surface area contributed by atoms with Crippen LogP contribution in [0.5, 0.6) is 0 Å². The first-order valence-corrected chi connectivity index (χ1v) is 4.67. The standard InChI is InChI=1S/C11H15N3/c1-8(2)7-14-10-3-4-11(13)9(5-10)6-12/h3-5,8,14H,7,13H2,1-2H3. The van der Waals surface area contributed by atoms with Crippen molar-refractivity contribution in [3.05, 3.63) is 23.8 Å². The van der Waals surface area contributed by atoms with Gasteiger partial charge in [-0.05, 0) is 24.1 Å². The number of nitrogens with one attached hydrogen (secondary N) is 1. The largest absolute Gasteiger partial charge is 0.398 e. The number of hydrogen-bond donors (Lipinski definition) is 2. The van der Waals surface area contributed by atoms with E-state index in [-0.39, 0.29) is 0 Å². The summed E-state index contributed by atoms with van der Waals surface area (Å²) in [5, 5.41) is 12.0. The molecule has 0 aliphatic carbocycles. The minimum atomic E-state index is 0.527. The van der Waals surface area contributed by atoms with Crippen molar-refractivity contribution in [1.82, 2.24) is 0 Å². The Bertz CT molecular complexity index is 350. The summed E-state index contributed by atoms with van der Waals surface area (Å²) in [4.78, 5) is 0. The minimum Gasteiger partial charge on any atom is -0.398 e. The number of hydrogen-bond acceptors (Lipinski definition) is 3. The maximum atomic E-state index is 8.76. The van der Waals surface area contributed by atoms with E-state index in [1.54, 1.807) is 12.1 Å². The van der Waals surface area contributed by atoms with Gasteiger partial charge in [-0.3, -0.25) is 0 Å². The zero-order valence-electron chi connectivity index (χ0n) is 8.54. The topological polar surface area (TPSA) is 61.8 Å². The minimum absolute atomic E-state index is 0.527. The first-order chi connectivity index (χ1) is 6.63. The molecule has 0 saturated carbocycles. The quantitative estimate of drug-likeness (QED) is 0.716. The number of nitriles is 1. The Labute approximate surface area is 84.5 Å². The van der Waals surface area contributed by atoms with Crippen LogP contribution in [0.3, 0.4) is 0 Å². The molecule has 1 aromatic rings. The average molecular weight is 189 g/mol. The van der Waals surface area contributed by atoms with Crippen LogP contribution in [-0.2, 0) is 0 Å². The summed E-state index contributed by atoms with van der Waals surface area (Å²) in [5.74, 6) is 0.582. The smallest absolute Gasteiger partial charge is 0.101 e. The van der Waals surface area contributed by atoms with Gasteiger partial charge in [-0.15, -0.1) is 0 Å². The number of nitrogen functional groups attached to an aromatic ring is 1. The molecular formula is C11H15N3. The van der Waals surface area contributed by atoms with Crippen molar-refractivity contribution in [3.8, 4) is 6.07 Å². The molecule has 0 heterocycles. The third kappa shape index (κ3) is 2.67. The SMILES string of the molecule is CC(C)CNc1ccc(N)c(C#N)c1. The van der Waals surface area contributed by atoms with E-state index in [1.165, 1.54) is 0 Å². The second-order valence-electron chi connectivity index (χ2n) is 3.69. The van der Waals surface area contributed by atoms with Gasteiger partial charge in [-0.25, -0.2) is 0 Å². The van der Waals surface area contributed by atoms with E-state index in [2.05, 4.69) is 25.2 Å². The molecule has 1 aromatic carbocycles. The van der Waals surface area contributed by atoms with Crippen LogP contribution in [-0.4, -0.2) is 6.54 Å². The van der Waals surface area contributed by atoms with E-state index < -0.39 is 0 Å². The summed E-state index contributed by atoms with van der Waals surface area (Å²) in [5.41, 5.74) is 7.61. The van der Waals surface area contributed by atoms with Crippen LogP contribution in [0, 0.1) is 17.2 Å². The molecule has 0 spiro atoms. The van der Waals surface area contributed by atoms with E-state index >= 15 is 0 Å². The first kappa shape index (κ1) is 10.4. The van der Waals surface area contributed by atoms with E-state index in [1.807, 2.05) is 6.07 Å². The molecule has 3 nitrogen and oxygen atoms in total. The Morgan fingerprint density at radius 3 is 2.79 bits per heavy atom. The van der Waals surface area contributed by atoms with Crippen LogP contribution in [0.1, 0.15) is 19.4 Å². The van der Waals surface area contributed by atoms with E-state index in [0.717, 1.165) is 12.2 Å². The van der Waals surface area contributed by atoms with E-state index in [4.69, 9.17) is 11.0 Å². The fraction of sp³-hybridized carbons (Fsp3) is 0.364. The molecule has 0 aromatic heterocycles. The Hall–Kier alpha value is -1.69. The first-order valence-electron chi connectivity index (χ1n) is 4.67. The third-order valence-corrected chi connectivity index (χ3v) is 1.89. The van der Waals surface area contributed by atoms with Gasteiger partial charge < -0.3 is 11.1 Å². The van der Waals surface area contributed by atoms with Crippen molar-refractivity contribution in [1.29, 1.82) is 5.26 Å². The zero-order chi connectivity index (χ0) is 10.6. The highest BCUT2D eigenvalue weighted by molar-refractivity contribution is 5.61. The Kier molecular flexibility index (Phi) is 3.35. The zero-order valence-corrected chi connectivity index (χ0v) is 8.54. The predicted molar refractivity (Wildman–Crippen MR) is 58.9 cm³/mol. The summed E-state index contributed by atoms with van der Waals surface area (Å²) in [6.07, 6.45) is 0. The highest BCUT2D eigenvalue weighted by Crippen LogP contribution is 2.16. The molecule has 0 amide bonds. The molecule has 3 heteroatoms. The second-order valence-corrected chi connectivity index (χ2v) is 3.69. The van der Waals surface area contributed by atoms with Gasteiger partial charge in [-0.1, -0.05) is 13.8 Å². The van der Waals surface area contributed by atoms with E-state index in [9.17, 15) is 0 Å². The number of nitrogens with two attached hydrogens (primary N) is 1. The van der Waals surface area contributed by atoms with Crippen molar-refractivity contribution in [2.75, 3.05) is 17.6 Å². The lowest BCUT2D eigenvalue weighted by Gasteiger charge is -2.09. The number of benzene rings is 1. The molecule has 3 N–H and O–H groups in total. The van der Waals surface area contributed by atoms with Gasteiger partial charge in [0, 0.05) is 17.9 Å². The Morgan fingerprint density at radius 2 is 2.21 bits per heavy atom. The number of anilines is 2. The molecule has 0 unspecified atom stereocenters. The maximum absolute atomic E-state index is 8.76. The maximum Gasteiger partial charge on any atom is 0.101 e. The summed E-state index contributed by atoms with van der Waals surface area (Å²) in [6, 6.07) is 7.47. The molecule has 0 atom stereocenters. The van der Waals surface area contributed by atoms with Crippen LogP contribution < -0.4 is 11.1 Å². The van der Waals surface area contributed by atoms with Gasteiger partial charge >= 0.3 is 0 Å². The third-order valence-electron chi connectivity index (χ3n) is 1.89. The summed E-state index contributed by atoms with van der Waals surface area (Å²) >= 11 is 0. The molecule has 1 rings (SSSR count). The molecule has 14 heavy (non-hydrogen) atoms. The predicted octanol–water partition coefficient (Wildman–Crippen LogP) is 2.21. The van der Waals surface area contributed by atoms with Crippen LogP contribution in [0.2, 0.25) is 0 Å². The highest BCUT2D eigenvalue weighted by atomic mass is 14.9. The molecular weight excluding hydrogens is 174 g/mol. The second kappa shape index (κ2) is 4.52. The van der Waals surface area contributed by atoms with Crippen molar-refractivity contribution in [2.45, 2.75) is 13.8 Å². The molecule has 0 saturated heterocycles. The highest BCUT2D eigenvalue weighted by Gasteiger charge is 2.00. The van der Waals surface area contributed by atoms with Gasteiger partial charge in [-0.2, -0.15) is 5.26 Å². The summed E-state index contributed by atoms with van der Waals surface area (Å²) in [7, 11) is 0. The fourth-order valence-corrected chi connectivity index (χ4v) is 1.09. The number of rotatable bonds is 3. The summed E-state index contributed by atoms with van der Waals surface area (Å²) < 4.78 is 0. The fourth-order valence-electron chi connectivity index (χ4n) is 1.09. The average Bonchev–Trinajstić information content (AvgIpc) is 2.16. The van der Waals surface area contributed by atoms with Gasteiger partial charge in [0.15, 0.2) is 0 Å². The lowest BCUT2D eigenvalue weighted by molar-refractivity contribution is 0.689. The molecule has 74 valence electrons. The lowest BCUT2D eigenvalue weighted by Crippen LogP contribution is -2.08. The molecule has 0 radical (unpaired) electrons. The molecule has 0 fully saturated rings. The van der Waals surface area contributed by atoms with Gasteiger partial charge in [0.1, 0.15) is 6.07 Å². The van der Waals surface area contributed by atoms with Crippen molar-refractivity contribution in [2.24, 2.45) is 5.92 Å². The summed E-state index contributed by atoms with van der Waals surface area (Å²) in [6.45, 7) is 5.17. The molecule has 0 aliphatic heterocycles. The Morgan fingerprint density at radius 1 is 1.50 bits per heavy atom. The van der Waals surface area contributed by atoms with Crippen LogP contribution in [0.25, 0.3) is 0 Å². The normalized spacial score (nSPS) is 9.86. The number of nitrogens with zero attached hydrogens (tertiary/aromatic N) is 1. The van der Waals surface area contributed by atoms with E-state index in [0.29, 0.717) is 17.2 Å². The van der Waals surface area contributed by atoms with Gasteiger partial charge in [0.25, 0.3) is 0 Å². The van der Waals surface area contributed by atoms with Crippen LogP contribution >= 0.6 is 0 Å². The van der Waals surface area contributed by atoms with Crippen molar-refractivity contribution in [3.63, 3.8) is 0 Å². The molecule has 0 bridgehead atoms. The van der Waals surface area contributed by atoms with Crippen LogP contribution in [0.4, 0.5) is 11.4 Å². The monoisotopic (exact) mass is 189 g/mol. The van der Waals surface area contributed by atoms with Crippen molar-refractivity contribution < 1.29 is 0 Å². The van der Waals surface area contributed by atoms with Gasteiger partial charge in [0.05, 0.1) is 5.56 Å². The lowest BCUT2D eigenvalue weighted by atomic mass is 10.1. The van der Waals surface area contributed by atoms with Crippen molar-refractivity contribution >= 4 is 11.4 Å². The molecule has 0 aliphatic rings. The Balaban J connectivity index is 2.76.